The molecule has 1 heterocycles. The molecule has 4 aromatic rings. The first-order valence-corrected chi connectivity index (χ1v) is 16.1. The molecule has 0 spiro atoms. The Morgan fingerprint density at radius 3 is 1.89 bits per heavy atom. The molecule has 2 aliphatic rings. The molecule has 234 valence electrons. The van der Waals surface area contributed by atoms with Crippen LogP contribution in [0.5, 0.6) is 0 Å². The number of guanidine groups is 1. The molecule has 1 aliphatic carbocycles. The van der Waals surface area contributed by atoms with Crippen molar-refractivity contribution < 1.29 is 23.9 Å². The van der Waals surface area contributed by atoms with E-state index >= 15 is 0 Å². The molecule has 1 saturated heterocycles. The monoisotopic (exact) mass is 613 g/mol. The van der Waals surface area contributed by atoms with E-state index in [1.165, 1.54) is 0 Å². The van der Waals surface area contributed by atoms with Crippen LogP contribution in [0.3, 0.4) is 0 Å². The van der Waals surface area contributed by atoms with Crippen molar-refractivity contribution in [2.45, 2.75) is 57.8 Å². The van der Waals surface area contributed by atoms with Gasteiger partial charge >= 0.3 is 12.1 Å². The fourth-order valence-electron chi connectivity index (χ4n) is 6.91. The SMILES string of the molecule is O=C(N=C1N(Cc2ccccc2)C(C2CCCCC2)C(=Cc2ccccc2)[N+]1(Cc1ccccc1)C(=O)[O-])OCc1ccccc1. The molecule has 1 saturated carbocycles. The first-order chi connectivity index (χ1) is 22.5. The minimum absolute atomic E-state index is 0.0257. The summed E-state index contributed by atoms with van der Waals surface area (Å²) in [5.41, 5.74) is 4.12. The number of hydrogen-bond donors (Lipinski definition) is 0. The number of ether oxygens (including phenoxy) is 1. The first kappa shape index (κ1) is 31.0. The van der Waals surface area contributed by atoms with Crippen LogP contribution < -0.4 is 5.11 Å². The predicted molar refractivity (Wildman–Crippen MR) is 177 cm³/mol. The highest BCUT2D eigenvalue weighted by molar-refractivity contribution is 5.94. The number of carboxylic acid groups (broad SMARTS) is 1. The quantitative estimate of drug-likeness (QED) is 0.192. The van der Waals surface area contributed by atoms with Crippen molar-refractivity contribution in [1.82, 2.24) is 4.90 Å². The Labute approximate surface area is 270 Å². The number of rotatable bonds is 8. The zero-order chi connectivity index (χ0) is 31.8. The molecule has 2 fully saturated rings. The smallest absolute Gasteiger partial charge is 0.440 e. The average Bonchev–Trinajstić information content (AvgIpc) is 3.34. The van der Waals surface area contributed by atoms with Crippen molar-refractivity contribution in [3.63, 3.8) is 0 Å². The fraction of sp³-hybridized carbons (Fsp3) is 0.256. The number of aliphatic imine (C=N–C) groups is 1. The van der Waals surface area contributed by atoms with Gasteiger partial charge < -0.3 is 14.6 Å². The fourth-order valence-corrected chi connectivity index (χ4v) is 6.91. The van der Waals surface area contributed by atoms with Crippen molar-refractivity contribution in [2.24, 2.45) is 10.9 Å². The van der Waals surface area contributed by atoms with Crippen molar-refractivity contribution >= 4 is 24.2 Å². The standard InChI is InChI=1S/C39H39N3O4/c43-38(46-29-33-22-12-4-13-23-33)40-37-41(27-31-18-8-2-9-19-31)36(34-24-14-5-15-25-34)35(26-30-16-6-1-7-17-30)42(37,39(44)45)28-32-20-10-3-11-21-32/h1-4,6-13,16-23,26,34,36H,5,14-15,24-25,27-29H2. The van der Waals surface area contributed by atoms with Crippen LogP contribution >= 0.6 is 0 Å². The van der Waals surface area contributed by atoms with Gasteiger partial charge in [-0.15, -0.1) is 4.99 Å². The Hall–Kier alpha value is -5.01. The highest BCUT2D eigenvalue weighted by Gasteiger charge is 2.59. The Morgan fingerprint density at radius 2 is 1.30 bits per heavy atom. The number of hydrogen-bond acceptors (Lipinski definition) is 4. The van der Waals surface area contributed by atoms with E-state index in [0.717, 1.165) is 54.4 Å². The largest absolute Gasteiger partial charge is 0.498 e. The molecule has 46 heavy (non-hydrogen) atoms. The third-order valence-corrected chi connectivity index (χ3v) is 9.05. The molecule has 7 heteroatoms. The van der Waals surface area contributed by atoms with E-state index < -0.39 is 16.7 Å². The average molecular weight is 614 g/mol. The van der Waals surface area contributed by atoms with Crippen molar-refractivity contribution in [1.29, 1.82) is 0 Å². The lowest BCUT2D eigenvalue weighted by Gasteiger charge is -2.34. The summed E-state index contributed by atoms with van der Waals surface area (Å²) in [7, 11) is 0. The molecule has 0 radical (unpaired) electrons. The molecule has 0 bridgehead atoms. The van der Waals surface area contributed by atoms with Gasteiger partial charge in [0.05, 0.1) is 6.54 Å². The first-order valence-electron chi connectivity index (χ1n) is 16.1. The molecule has 2 atom stereocenters. The number of amides is 2. The summed E-state index contributed by atoms with van der Waals surface area (Å²) in [5.74, 6) is 0.275. The zero-order valence-electron chi connectivity index (χ0n) is 25.9. The summed E-state index contributed by atoms with van der Waals surface area (Å²) in [6.45, 7) is 0.431. The van der Waals surface area contributed by atoms with Gasteiger partial charge in [0.1, 0.15) is 24.9 Å². The Morgan fingerprint density at radius 1 is 0.761 bits per heavy atom. The molecular formula is C39H39N3O4. The maximum atomic E-state index is 13.9. The maximum Gasteiger partial charge on any atom is 0.440 e. The third kappa shape index (κ3) is 6.80. The maximum absolute atomic E-state index is 13.9. The molecule has 0 aromatic heterocycles. The van der Waals surface area contributed by atoms with Gasteiger partial charge in [0.15, 0.2) is 0 Å². The van der Waals surface area contributed by atoms with Crippen molar-refractivity contribution in [2.75, 3.05) is 0 Å². The van der Waals surface area contributed by atoms with Crippen LogP contribution in [0.1, 0.15) is 54.4 Å². The summed E-state index contributed by atoms with van der Waals surface area (Å²) in [5, 5.41) is 13.9. The molecular weight excluding hydrogens is 574 g/mol. The van der Waals surface area contributed by atoms with E-state index in [1.807, 2.05) is 132 Å². The molecule has 1 aliphatic heterocycles. The van der Waals surface area contributed by atoms with Gasteiger partial charge in [-0.3, -0.25) is 4.90 Å². The van der Waals surface area contributed by atoms with Crippen LogP contribution in [0, 0.1) is 5.92 Å². The number of carbonyl (C=O) groups excluding carboxylic acids is 2. The van der Waals surface area contributed by atoms with Crippen LogP contribution in [0.25, 0.3) is 6.08 Å². The predicted octanol–water partition coefficient (Wildman–Crippen LogP) is 7.55. The molecule has 7 nitrogen and oxygen atoms in total. The van der Waals surface area contributed by atoms with Crippen LogP contribution in [0.15, 0.2) is 132 Å². The van der Waals surface area contributed by atoms with E-state index in [-0.39, 0.29) is 31.1 Å². The van der Waals surface area contributed by atoms with Crippen molar-refractivity contribution in [3.8, 4) is 0 Å². The second-order valence-electron chi connectivity index (χ2n) is 12.1. The van der Waals surface area contributed by atoms with E-state index in [1.54, 1.807) is 0 Å². The van der Waals surface area contributed by atoms with Crippen LogP contribution in [-0.4, -0.2) is 33.6 Å². The Balaban J connectivity index is 1.56. The topological polar surface area (TPSA) is 82.0 Å². The van der Waals surface area contributed by atoms with Gasteiger partial charge in [0.25, 0.3) is 6.09 Å². The molecule has 2 amide bonds. The highest BCUT2D eigenvalue weighted by atomic mass is 16.5. The minimum atomic E-state index is -1.34. The summed E-state index contributed by atoms with van der Waals surface area (Å²) in [4.78, 5) is 34.1. The third-order valence-electron chi connectivity index (χ3n) is 9.05. The van der Waals surface area contributed by atoms with Crippen LogP contribution in [0.2, 0.25) is 0 Å². The highest BCUT2D eigenvalue weighted by Crippen LogP contribution is 2.45. The lowest BCUT2D eigenvalue weighted by molar-refractivity contribution is -0.763. The lowest BCUT2D eigenvalue weighted by atomic mass is 9.81. The summed E-state index contributed by atoms with van der Waals surface area (Å²) >= 11 is 0. The Kier molecular flexibility index (Phi) is 9.70. The molecule has 4 aromatic carbocycles. The number of benzene rings is 4. The molecule has 0 N–H and O–H groups in total. The lowest BCUT2D eigenvalue weighted by Crippen LogP contribution is -2.59. The van der Waals surface area contributed by atoms with Gasteiger partial charge in [0, 0.05) is 11.6 Å². The number of quaternary nitrogens is 1. The second kappa shape index (κ2) is 14.4. The number of carbonyl (C=O) groups is 2. The Bertz CT molecular complexity index is 1670. The number of nitrogens with zero attached hydrogens (tertiary/aromatic N) is 3. The van der Waals surface area contributed by atoms with Gasteiger partial charge in [-0.25, -0.2) is 4.79 Å². The van der Waals surface area contributed by atoms with Gasteiger partial charge in [-0.05, 0) is 35.4 Å². The van der Waals surface area contributed by atoms with Crippen LogP contribution in [0.4, 0.5) is 9.59 Å². The van der Waals surface area contributed by atoms with Gasteiger partial charge in [0.2, 0.25) is 0 Å². The summed E-state index contributed by atoms with van der Waals surface area (Å²) in [6, 6.07) is 38.3. The van der Waals surface area contributed by atoms with E-state index in [9.17, 15) is 14.7 Å². The van der Waals surface area contributed by atoms with Crippen LogP contribution in [-0.2, 0) is 24.4 Å². The summed E-state index contributed by atoms with van der Waals surface area (Å²) < 4.78 is 4.92. The van der Waals surface area contributed by atoms with Crippen molar-refractivity contribution in [3.05, 3.63) is 149 Å². The van der Waals surface area contributed by atoms with Gasteiger partial charge in [-0.2, -0.15) is 4.48 Å². The zero-order valence-corrected chi connectivity index (χ0v) is 25.9. The molecule has 2 unspecified atom stereocenters. The minimum Gasteiger partial charge on any atom is -0.498 e. The normalized spacial score (nSPS) is 21.8. The van der Waals surface area contributed by atoms with E-state index in [2.05, 4.69) is 4.99 Å². The summed E-state index contributed by atoms with van der Waals surface area (Å²) in [6.07, 6.45) is 4.99. The van der Waals surface area contributed by atoms with Gasteiger partial charge in [-0.1, -0.05) is 141 Å². The molecule has 6 rings (SSSR count). The van der Waals surface area contributed by atoms with E-state index in [4.69, 9.17) is 4.74 Å². The second-order valence-corrected chi connectivity index (χ2v) is 12.1. The van der Waals surface area contributed by atoms with E-state index in [0.29, 0.717) is 12.2 Å².